The Kier molecular flexibility index (Phi) is 4.65. The summed E-state index contributed by atoms with van der Waals surface area (Å²) in [6, 6.07) is 0.541. The number of anilines is 1. The zero-order chi connectivity index (χ0) is 14.8. The molecule has 2 rings (SSSR count). The van der Waals surface area contributed by atoms with E-state index in [1.165, 1.54) is 24.2 Å². The third-order valence-corrected chi connectivity index (χ3v) is 3.90. The van der Waals surface area contributed by atoms with Crippen LogP contribution in [0.1, 0.15) is 46.2 Å². The summed E-state index contributed by atoms with van der Waals surface area (Å²) in [4.78, 5) is 16.0. The van der Waals surface area contributed by atoms with Gasteiger partial charge in [0.15, 0.2) is 5.13 Å². The molecule has 0 radical (unpaired) electrons. The molecule has 1 aromatic rings. The molecular formula is C14H23N3O2S. The van der Waals surface area contributed by atoms with Crippen LogP contribution in [0.3, 0.4) is 0 Å². The van der Waals surface area contributed by atoms with E-state index in [4.69, 9.17) is 4.74 Å². The third-order valence-electron chi connectivity index (χ3n) is 3.09. The van der Waals surface area contributed by atoms with Gasteiger partial charge in [-0.25, -0.2) is 9.78 Å². The highest BCUT2D eigenvalue weighted by Gasteiger charge is 2.27. The van der Waals surface area contributed by atoms with E-state index in [1.54, 1.807) is 0 Å². The summed E-state index contributed by atoms with van der Waals surface area (Å²) in [6.45, 7) is 8.46. The summed E-state index contributed by atoms with van der Waals surface area (Å²) >= 11 is 1.42. The fraction of sp³-hybridized carbons (Fsp3) is 0.714. The second kappa shape index (κ2) is 6.10. The van der Waals surface area contributed by atoms with Crippen LogP contribution in [0.5, 0.6) is 0 Å². The molecule has 0 bridgehead atoms. The van der Waals surface area contributed by atoms with Crippen molar-refractivity contribution < 1.29 is 9.53 Å². The maximum atomic E-state index is 11.6. The average molecular weight is 297 g/mol. The van der Waals surface area contributed by atoms with Crippen LogP contribution < -0.4 is 10.6 Å². The summed E-state index contributed by atoms with van der Waals surface area (Å²) < 4.78 is 5.19. The number of hydrogen-bond acceptors (Lipinski definition) is 5. The maximum Gasteiger partial charge on any atom is 0.413 e. The molecule has 5 nitrogen and oxygen atoms in total. The Hall–Kier alpha value is -1.14. The van der Waals surface area contributed by atoms with Crippen LogP contribution in [0.2, 0.25) is 0 Å². The van der Waals surface area contributed by atoms with Crippen molar-refractivity contribution in [1.82, 2.24) is 10.3 Å². The van der Waals surface area contributed by atoms with Crippen LogP contribution in [0.15, 0.2) is 5.38 Å². The first kappa shape index (κ1) is 15.3. The molecule has 1 heterocycles. The summed E-state index contributed by atoms with van der Waals surface area (Å²) in [7, 11) is 0. The summed E-state index contributed by atoms with van der Waals surface area (Å²) in [5.41, 5.74) is 0.458. The number of thiazole rings is 1. The lowest BCUT2D eigenvalue weighted by Gasteiger charge is -2.18. The monoisotopic (exact) mass is 297 g/mol. The van der Waals surface area contributed by atoms with E-state index in [-0.39, 0.29) is 0 Å². The van der Waals surface area contributed by atoms with E-state index in [9.17, 15) is 4.79 Å². The van der Waals surface area contributed by atoms with Gasteiger partial charge in [0, 0.05) is 18.0 Å². The molecule has 6 heteroatoms. The van der Waals surface area contributed by atoms with Crippen molar-refractivity contribution in [2.24, 2.45) is 5.92 Å². The lowest BCUT2D eigenvalue weighted by atomic mass is 10.2. The Morgan fingerprint density at radius 3 is 2.85 bits per heavy atom. The van der Waals surface area contributed by atoms with Crippen LogP contribution in [0.4, 0.5) is 9.93 Å². The number of carbonyl (C=O) groups is 1. The SMILES string of the molecule is CC(NCc1csc(NC(=O)OC(C)(C)C)n1)C1CC1. The minimum atomic E-state index is -0.495. The molecule has 1 saturated carbocycles. The molecule has 1 atom stereocenters. The highest BCUT2D eigenvalue weighted by atomic mass is 32.1. The molecule has 0 aliphatic heterocycles. The van der Waals surface area contributed by atoms with Crippen molar-refractivity contribution >= 4 is 22.6 Å². The van der Waals surface area contributed by atoms with Gasteiger partial charge in [-0.3, -0.25) is 5.32 Å². The second-order valence-corrected chi connectivity index (χ2v) is 7.14. The van der Waals surface area contributed by atoms with Crippen molar-refractivity contribution in [3.63, 3.8) is 0 Å². The van der Waals surface area contributed by atoms with Gasteiger partial charge in [-0.2, -0.15) is 0 Å². The number of carbonyl (C=O) groups excluding carboxylic acids is 1. The van der Waals surface area contributed by atoms with E-state index < -0.39 is 11.7 Å². The number of nitrogens with zero attached hydrogens (tertiary/aromatic N) is 1. The summed E-state index contributed by atoms with van der Waals surface area (Å²) in [6.07, 6.45) is 2.20. The Labute approximate surface area is 124 Å². The molecule has 0 saturated heterocycles. The third kappa shape index (κ3) is 5.09. The highest BCUT2D eigenvalue weighted by Crippen LogP contribution is 2.32. The quantitative estimate of drug-likeness (QED) is 0.874. The largest absolute Gasteiger partial charge is 0.444 e. The molecule has 1 aliphatic carbocycles. The van der Waals surface area contributed by atoms with Crippen molar-refractivity contribution in [3.05, 3.63) is 11.1 Å². The van der Waals surface area contributed by atoms with Gasteiger partial charge >= 0.3 is 6.09 Å². The summed E-state index contributed by atoms with van der Waals surface area (Å²) in [5, 5.41) is 8.66. The fourth-order valence-corrected chi connectivity index (χ4v) is 2.56. The molecule has 2 N–H and O–H groups in total. The number of amides is 1. The predicted molar refractivity (Wildman–Crippen MR) is 81.0 cm³/mol. The van der Waals surface area contributed by atoms with Gasteiger partial charge in [0.05, 0.1) is 5.69 Å². The lowest BCUT2D eigenvalue weighted by Crippen LogP contribution is -2.28. The van der Waals surface area contributed by atoms with Crippen molar-refractivity contribution in [1.29, 1.82) is 0 Å². The van der Waals surface area contributed by atoms with Gasteiger partial charge in [0.1, 0.15) is 5.60 Å². The van der Waals surface area contributed by atoms with Gasteiger partial charge < -0.3 is 10.1 Å². The second-order valence-electron chi connectivity index (χ2n) is 6.28. The zero-order valence-corrected chi connectivity index (χ0v) is 13.3. The molecule has 1 unspecified atom stereocenters. The topological polar surface area (TPSA) is 63.2 Å². The average Bonchev–Trinajstić information content (AvgIpc) is 3.06. The first-order chi connectivity index (χ1) is 9.33. The Morgan fingerprint density at radius 1 is 1.55 bits per heavy atom. The smallest absolute Gasteiger partial charge is 0.413 e. The van der Waals surface area contributed by atoms with Crippen LogP contribution in [-0.4, -0.2) is 22.7 Å². The molecule has 1 amide bonds. The first-order valence-electron chi connectivity index (χ1n) is 7.01. The molecular weight excluding hydrogens is 274 g/mol. The fourth-order valence-electron chi connectivity index (χ4n) is 1.86. The Balaban J connectivity index is 1.78. The molecule has 1 aliphatic rings. The van der Waals surface area contributed by atoms with Crippen LogP contribution in [0, 0.1) is 5.92 Å². The van der Waals surface area contributed by atoms with E-state index in [2.05, 4.69) is 22.5 Å². The van der Waals surface area contributed by atoms with Crippen molar-refractivity contribution in [2.45, 2.75) is 58.7 Å². The molecule has 20 heavy (non-hydrogen) atoms. The zero-order valence-electron chi connectivity index (χ0n) is 12.5. The van der Waals surface area contributed by atoms with E-state index in [1.807, 2.05) is 26.2 Å². The van der Waals surface area contributed by atoms with Crippen LogP contribution >= 0.6 is 11.3 Å². The van der Waals surface area contributed by atoms with E-state index in [0.717, 1.165) is 18.2 Å². The van der Waals surface area contributed by atoms with Crippen molar-refractivity contribution in [2.75, 3.05) is 5.32 Å². The number of nitrogens with one attached hydrogen (secondary N) is 2. The summed E-state index contributed by atoms with van der Waals surface area (Å²) in [5.74, 6) is 0.827. The standard InChI is InChI=1S/C14H23N3O2S/c1-9(10-5-6-10)15-7-11-8-20-12(16-11)17-13(18)19-14(2,3)4/h8-10,15H,5-7H2,1-4H3,(H,16,17,18). The minimum absolute atomic E-state index is 0.460. The molecule has 112 valence electrons. The van der Waals surface area contributed by atoms with Gasteiger partial charge in [0.25, 0.3) is 0 Å². The highest BCUT2D eigenvalue weighted by molar-refractivity contribution is 7.13. The number of hydrogen-bond donors (Lipinski definition) is 2. The van der Waals surface area contributed by atoms with Crippen molar-refractivity contribution in [3.8, 4) is 0 Å². The lowest BCUT2D eigenvalue weighted by molar-refractivity contribution is 0.0636. The molecule has 1 fully saturated rings. The molecule has 0 spiro atoms. The number of aromatic nitrogens is 1. The number of rotatable bonds is 5. The van der Waals surface area contributed by atoms with Gasteiger partial charge in [-0.05, 0) is 46.5 Å². The Bertz CT molecular complexity index is 463. The number of ether oxygens (including phenoxy) is 1. The van der Waals surface area contributed by atoms with E-state index >= 15 is 0 Å². The van der Waals surface area contributed by atoms with Crippen LogP contribution in [0.25, 0.3) is 0 Å². The Morgan fingerprint density at radius 2 is 2.25 bits per heavy atom. The predicted octanol–water partition coefficient (Wildman–Crippen LogP) is 3.38. The normalized spacial score (nSPS) is 16.8. The first-order valence-corrected chi connectivity index (χ1v) is 7.89. The van der Waals surface area contributed by atoms with Gasteiger partial charge in [-0.1, -0.05) is 0 Å². The molecule has 1 aromatic heterocycles. The minimum Gasteiger partial charge on any atom is -0.444 e. The van der Waals surface area contributed by atoms with Gasteiger partial charge in [-0.15, -0.1) is 11.3 Å². The van der Waals surface area contributed by atoms with Crippen LogP contribution in [-0.2, 0) is 11.3 Å². The van der Waals surface area contributed by atoms with E-state index in [0.29, 0.717) is 11.2 Å². The maximum absolute atomic E-state index is 11.6. The molecule has 0 aromatic carbocycles. The van der Waals surface area contributed by atoms with Gasteiger partial charge in [0.2, 0.25) is 0 Å².